The molecule has 1 N–H and O–H groups in total. The highest BCUT2D eigenvalue weighted by molar-refractivity contribution is 5.14. The number of hydrogen-bond acceptors (Lipinski definition) is 1. The first-order valence-electron chi connectivity index (χ1n) is 6.73. The van der Waals surface area contributed by atoms with Crippen LogP contribution in [0.25, 0.3) is 0 Å². The van der Waals surface area contributed by atoms with E-state index in [2.05, 4.69) is 33.8 Å². The summed E-state index contributed by atoms with van der Waals surface area (Å²) in [4.78, 5) is 0. The molecule has 2 aliphatic rings. The van der Waals surface area contributed by atoms with Crippen molar-refractivity contribution in [3.8, 4) is 0 Å². The van der Waals surface area contributed by atoms with Crippen molar-refractivity contribution < 1.29 is 5.11 Å². The third-order valence-electron chi connectivity index (χ3n) is 4.95. The van der Waals surface area contributed by atoms with E-state index in [-0.39, 0.29) is 0 Å². The minimum atomic E-state index is -0.449. The Morgan fingerprint density at radius 3 is 2.62 bits per heavy atom. The highest BCUT2D eigenvalue weighted by Gasteiger charge is 2.46. The van der Waals surface area contributed by atoms with E-state index in [1.807, 2.05) is 0 Å². The minimum Gasteiger partial charge on any atom is -0.390 e. The number of allylic oxidation sites excluding steroid dienone is 2. The van der Waals surface area contributed by atoms with Crippen LogP contribution in [0.4, 0.5) is 0 Å². The van der Waals surface area contributed by atoms with Crippen molar-refractivity contribution in [3.05, 3.63) is 11.6 Å². The zero-order valence-electron chi connectivity index (χ0n) is 11.2. The zero-order valence-corrected chi connectivity index (χ0v) is 11.2. The SMILES string of the molecule is CC1=C[C@H]2[C@@H](CC1)C(C)(O)CCCC2(C)C. The van der Waals surface area contributed by atoms with Gasteiger partial charge >= 0.3 is 0 Å². The molecular weight excluding hydrogens is 196 g/mol. The molecule has 0 heterocycles. The van der Waals surface area contributed by atoms with Crippen molar-refractivity contribution in [3.63, 3.8) is 0 Å². The molecule has 0 radical (unpaired) electrons. The second-order valence-electron chi connectivity index (χ2n) is 6.88. The first kappa shape index (κ1) is 12.2. The lowest BCUT2D eigenvalue weighted by molar-refractivity contribution is -0.0380. The van der Waals surface area contributed by atoms with Gasteiger partial charge in [-0.15, -0.1) is 0 Å². The Morgan fingerprint density at radius 2 is 1.94 bits per heavy atom. The Hall–Kier alpha value is -0.300. The minimum absolute atomic E-state index is 0.354. The van der Waals surface area contributed by atoms with Crippen molar-refractivity contribution in [1.29, 1.82) is 0 Å². The number of fused-ring (bicyclic) bond motifs is 1. The monoisotopic (exact) mass is 222 g/mol. The molecule has 1 nitrogen and oxygen atoms in total. The van der Waals surface area contributed by atoms with Crippen LogP contribution < -0.4 is 0 Å². The van der Waals surface area contributed by atoms with Crippen molar-refractivity contribution in [1.82, 2.24) is 0 Å². The van der Waals surface area contributed by atoms with E-state index < -0.39 is 5.60 Å². The fourth-order valence-corrected chi connectivity index (χ4v) is 3.79. The average Bonchev–Trinajstić information content (AvgIpc) is 2.23. The second-order valence-corrected chi connectivity index (χ2v) is 6.88. The van der Waals surface area contributed by atoms with Crippen LogP contribution in [0.15, 0.2) is 11.6 Å². The quantitative estimate of drug-likeness (QED) is 0.616. The Kier molecular flexibility index (Phi) is 2.94. The van der Waals surface area contributed by atoms with E-state index in [9.17, 15) is 5.11 Å². The van der Waals surface area contributed by atoms with Gasteiger partial charge in [0.25, 0.3) is 0 Å². The molecule has 0 amide bonds. The van der Waals surface area contributed by atoms with Gasteiger partial charge in [-0.1, -0.05) is 31.9 Å². The molecule has 1 unspecified atom stereocenters. The van der Waals surface area contributed by atoms with E-state index in [0.717, 1.165) is 6.42 Å². The molecule has 0 aromatic carbocycles. The summed E-state index contributed by atoms with van der Waals surface area (Å²) in [6.07, 6.45) is 8.18. The summed E-state index contributed by atoms with van der Waals surface area (Å²) in [7, 11) is 0. The summed E-state index contributed by atoms with van der Waals surface area (Å²) in [5, 5.41) is 10.6. The van der Waals surface area contributed by atoms with E-state index in [1.54, 1.807) is 0 Å². The first-order valence-corrected chi connectivity index (χ1v) is 6.73. The number of rotatable bonds is 0. The van der Waals surface area contributed by atoms with Gasteiger partial charge in [0.15, 0.2) is 0 Å². The van der Waals surface area contributed by atoms with E-state index in [1.165, 1.54) is 31.3 Å². The Labute approximate surface area is 99.9 Å². The Morgan fingerprint density at radius 1 is 1.25 bits per heavy atom. The molecule has 0 bridgehead atoms. The molecule has 2 rings (SSSR count). The molecule has 0 aromatic heterocycles. The summed E-state index contributed by atoms with van der Waals surface area (Å²) < 4.78 is 0. The van der Waals surface area contributed by atoms with Crippen molar-refractivity contribution >= 4 is 0 Å². The molecule has 1 fully saturated rings. The van der Waals surface area contributed by atoms with E-state index in [4.69, 9.17) is 0 Å². The molecule has 16 heavy (non-hydrogen) atoms. The van der Waals surface area contributed by atoms with Gasteiger partial charge in [-0.05, 0) is 56.8 Å². The fraction of sp³-hybridized carbons (Fsp3) is 0.867. The predicted molar refractivity (Wildman–Crippen MR) is 68.2 cm³/mol. The lowest BCUT2D eigenvalue weighted by Gasteiger charge is -2.44. The number of hydrogen-bond donors (Lipinski definition) is 1. The molecule has 92 valence electrons. The Balaban J connectivity index is 2.37. The standard InChI is InChI=1S/C15H26O/c1-11-6-7-12-13(10-11)14(2,3)8-5-9-15(12,4)16/h10,12-13,16H,5-9H2,1-4H3/t12-,13+,15?/m1/s1. The average molecular weight is 222 g/mol. The maximum absolute atomic E-state index is 10.6. The highest BCUT2D eigenvalue weighted by Crippen LogP contribution is 2.51. The van der Waals surface area contributed by atoms with E-state index >= 15 is 0 Å². The Bertz CT molecular complexity index is 299. The summed E-state index contributed by atoms with van der Waals surface area (Å²) in [6.45, 7) is 9.05. The molecule has 0 aromatic rings. The van der Waals surface area contributed by atoms with Crippen LogP contribution in [0.1, 0.15) is 59.8 Å². The van der Waals surface area contributed by atoms with Crippen LogP contribution in [0.5, 0.6) is 0 Å². The third kappa shape index (κ3) is 2.07. The molecule has 0 spiro atoms. The zero-order chi connectivity index (χ0) is 12.0. The normalized spacial score (nSPS) is 43.2. The maximum atomic E-state index is 10.6. The van der Waals surface area contributed by atoms with Gasteiger partial charge in [-0.25, -0.2) is 0 Å². The van der Waals surface area contributed by atoms with Gasteiger partial charge in [-0.3, -0.25) is 0 Å². The van der Waals surface area contributed by atoms with Crippen LogP contribution in [0.3, 0.4) is 0 Å². The number of aliphatic hydroxyl groups is 1. The van der Waals surface area contributed by atoms with Gasteiger partial charge in [0.05, 0.1) is 5.60 Å². The summed E-state index contributed by atoms with van der Waals surface area (Å²) in [5.74, 6) is 1.03. The molecule has 0 saturated heterocycles. The maximum Gasteiger partial charge on any atom is 0.0653 e. The van der Waals surface area contributed by atoms with Crippen LogP contribution in [-0.4, -0.2) is 10.7 Å². The predicted octanol–water partition coefficient (Wildman–Crippen LogP) is 3.92. The molecule has 2 aliphatic carbocycles. The first-order chi connectivity index (χ1) is 7.33. The van der Waals surface area contributed by atoms with Gasteiger partial charge in [0.2, 0.25) is 0 Å². The van der Waals surface area contributed by atoms with Gasteiger partial charge < -0.3 is 5.11 Å². The topological polar surface area (TPSA) is 20.2 Å². The molecule has 3 atom stereocenters. The molecular formula is C15H26O. The fourth-order valence-electron chi connectivity index (χ4n) is 3.79. The largest absolute Gasteiger partial charge is 0.390 e. The van der Waals surface area contributed by atoms with Gasteiger partial charge in [0, 0.05) is 0 Å². The van der Waals surface area contributed by atoms with Crippen LogP contribution in [0.2, 0.25) is 0 Å². The van der Waals surface area contributed by atoms with Crippen molar-refractivity contribution in [2.24, 2.45) is 17.3 Å². The lowest BCUT2D eigenvalue weighted by Crippen LogP contribution is -2.42. The molecule has 1 saturated carbocycles. The molecule has 1 heteroatoms. The van der Waals surface area contributed by atoms with Gasteiger partial charge in [0.1, 0.15) is 0 Å². The van der Waals surface area contributed by atoms with Crippen molar-refractivity contribution in [2.45, 2.75) is 65.4 Å². The van der Waals surface area contributed by atoms with Crippen LogP contribution in [0, 0.1) is 17.3 Å². The third-order valence-corrected chi connectivity index (χ3v) is 4.95. The smallest absolute Gasteiger partial charge is 0.0653 e. The highest BCUT2D eigenvalue weighted by atomic mass is 16.3. The van der Waals surface area contributed by atoms with Crippen LogP contribution in [-0.2, 0) is 0 Å². The summed E-state index contributed by atoms with van der Waals surface area (Å²) in [5.41, 5.74) is 1.43. The van der Waals surface area contributed by atoms with Crippen LogP contribution >= 0.6 is 0 Å². The summed E-state index contributed by atoms with van der Waals surface area (Å²) >= 11 is 0. The lowest BCUT2D eigenvalue weighted by atomic mass is 9.63. The summed E-state index contributed by atoms with van der Waals surface area (Å²) in [6, 6.07) is 0. The van der Waals surface area contributed by atoms with Crippen molar-refractivity contribution in [2.75, 3.05) is 0 Å². The second kappa shape index (κ2) is 3.87. The molecule has 0 aliphatic heterocycles. The van der Waals surface area contributed by atoms with Gasteiger partial charge in [-0.2, -0.15) is 0 Å². The van der Waals surface area contributed by atoms with E-state index in [0.29, 0.717) is 17.3 Å².